The van der Waals surface area contributed by atoms with Crippen LogP contribution in [0.2, 0.25) is 0 Å². The molecule has 0 unspecified atom stereocenters. The SMILES string of the molecule is O=c1c(-c2nnnn2Cc2cccc(OCc3ccc4ccccc4n3)c2)cc2ccccc2n1Cc1cccc(OCc2ccc3ccccc3n2)c1. The van der Waals surface area contributed by atoms with Gasteiger partial charge in [0.15, 0.2) is 5.82 Å². The van der Waals surface area contributed by atoms with E-state index < -0.39 is 0 Å². The first-order valence-corrected chi connectivity index (χ1v) is 17.6. The van der Waals surface area contributed by atoms with Gasteiger partial charge in [-0.25, -0.2) is 14.6 Å². The Hall–Kier alpha value is -7.20. The largest absolute Gasteiger partial charge is 0.487 e. The number of ether oxygens (including phenoxy) is 2. The zero-order valence-electron chi connectivity index (χ0n) is 29.1. The predicted molar refractivity (Wildman–Crippen MR) is 208 cm³/mol. The molecule has 10 heteroatoms. The highest BCUT2D eigenvalue weighted by Gasteiger charge is 2.18. The third-order valence-electron chi connectivity index (χ3n) is 9.33. The third-order valence-corrected chi connectivity index (χ3v) is 9.33. The fraction of sp³-hybridized carbons (Fsp3) is 0.0909. The fourth-order valence-electron chi connectivity index (χ4n) is 6.66. The molecule has 0 saturated heterocycles. The lowest BCUT2D eigenvalue weighted by Gasteiger charge is -2.14. The van der Waals surface area contributed by atoms with Crippen molar-refractivity contribution in [3.63, 3.8) is 0 Å². The van der Waals surface area contributed by atoms with E-state index in [1.54, 1.807) is 9.25 Å². The van der Waals surface area contributed by atoms with Crippen LogP contribution >= 0.6 is 0 Å². The van der Waals surface area contributed by atoms with E-state index >= 15 is 0 Å². The maximum atomic E-state index is 14.3. The van der Waals surface area contributed by atoms with Crippen LogP contribution in [0, 0.1) is 0 Å². The van der Waals surface area contributed by atoms with Crippen LogP contribution in [-0.2, 0) is 26.3 Å². The van der Waals surface area contributed by atoms with E-state index in [1.807, 2.05) is 140 Å². The highest BCUT2D eigenvalue weighted by Crippen LogP contribution is 2.24. The zero-order valence-corrected chi connectivity index (χ0v) is 29.1. The summed E-state index contributed by atoms with van der Waals surface area (Å²) in [5.74, 6) is 1.77. The smallest absolute Gasteiger partial charge is 0.262 e. The minimum absolute atomic E-state index is 0.198. The molecule has 0 saturated carbocycles. The molecule has 0 bridgehead atoms. The van der Waals surface area contributed by atoms with Crippen molar-refractivity contribution >= 4 is 32.7 Å². The average molecular weight is 708 g/mol. The summed E-state index contributed by atoms with van der Waals surface area (Å²) in [6.07, 6.45) is 0. The molecule has 0 aliphatic rings. The predicted octanol–water partition coefficient (Wildman–Crippen LogP) is 8.01. The number of para-hydroxylation sites is 3. The first-order valence-electron chi connectivity index (χ1n) is 17.6. The maximum absolute atomic E-state index is 14.3. The molecular formula is C44H33N7O3. The van der Waals surface area contributed by atoms with Gasteiger partial charge in [-0.2, -0.15) is 0 Å². The van der Waals surface area contributed by atoms with Gasteiger partial charge in [-0.15, -0.1) is 5.10 Å². The summed E-state index contributed by atoms with van der Waals surface area (Å²) in [4.78, 5) is 23.8. The molecule has 0 N–H and O–H groups in total. The molecule has 54 heavy (non-hydrogen) atoms. The second kappa shape index (κ2) is 14.4. The van der Waals surface area contributed by atoms with E-state index in [0.717, 1.165) is 55.2 Å². The lowest BCUT2D eigenvalue weighted by Crippen LogP contribution is -2.24. The molecule has 262 valence electrons. The van der Waals surface area contributed by atoms with Crippen LogP contribution in [0.1, 0.15) is 22.5 Å². The van der Waals surface area contributed by atoms with E-state index in [9.17, 15) is 4.79 Å². The Balaban J connectivity index is 0.951. The molecule has 0 aliphatic carbocycles. The summed E-state index contributed by atoms with van der Waals surface area (Å²) in [6, 6.07) is 49.4. The van der Waals surface area contributed by atoms with Crippen molar-refractivity contribution in [2.45, 2.75) is 26.3 Å². The molecule has 0 amide bonds. The second-order valence-corrected chi connectivity index (χ2v) is 13.0. The Labute approximate surface area is 309 Å². The van der Waals surface area contributed by atoms with Crippen molar-refractivity contribution in [2.75, 3.05) is 0 Å². The summed E-state index contributed by atoms with van der Waals surface area (Å²) < 4.78 is 15.7. The number of pyridine rings is 3. The Kier molecular flexibility index (Phi) is 8.74. The fourth-order valence-corrected chi connectivity index (χ4v) is 6.66. The quantitative estimate of drug-likeness (QED) is 0.133. The molecule has 0 spiro atoms. The first-order chi connectivity index (χ1) is 26.6. The minimum Gasteiger partial charge on any atom is -0.487 e. The van der Waals surface area contributed by atoms with Crippen LogP contribution in [0.5, 0.6) is 11.5 Å². The molecule has 9 aromatic rings. The van der Waals surface area contributed by atoms with Gasteiger partial charge in [0.2, 0.25) is 0 Å². The van der Waals surface area contributed by atoms with Gasteiger partial charge >= 0.3 is 0 Å². The van der Waals surface area contributed by atoms with E-state index in [2.05, 4.69) is 27.7 Å². The average Bonchev–Trinajstić information content (AvgIpc) is 3.68. The Morgan fingerprint density at radius 3 is 1.76 bits per heavy atom. The van der Waals surface area contributed by atoms with Crippen LogP contribution in [0.25, 0.3) is 44.1 Å². The molecule has 0 aliphatic heterocycles. The van der Waals surface area contributed by atoms with Gasteiger partial charge in [-0.05, 0) is 87.6 Å². The number of hydrogen-bond donors (Lipinski definition) is 0. The molecule has 5 aromatic carbocycles. The number of nitrogens with zero attached hydrogens (tertiary/aromatic N) is 7. The number of rotatable bonds is 11. The zero-order chi connectivity index (χ0) is 36.3. The van der Waals surface area contributed by atoms with Crippen molar-refractivity contribution in [1.29, 1.82) is 0 Å². The van der Waals surface area contributed by atoms with E-state index in [1.165, 1.54) is 0 Å². The van der Waals surface area contributed by atoms with Gasteiger partial charge in [0, 0.05) is 10.8 Å². The van der Waals surface area contributed by atoms with Gasteiger partial charge in [0.25, 0.3) is 5.56 Å². The molecule has 4 heterocycles. The number of benzene rings is 5. The monoisotopic (exact) mass is 707 g/mol. The van der Waals surface area contributed by atoms with Gasteiger partial charge in [0.05, 0.1) is 46.6 Å². The number of hydrogen-bond acceptors (Lipinski definition) is 8. The molecule has 9 rings (SSSR count). The van der Waals surface area contributed by atoms with Gasteiger partial charge in [0.1, 0.15) is 24.7 Å². The van der Waals surface area contributed by atoms with E-state index in [0.29, 0.717) is 49.2 Å². The van der Waals surface area contributed by atoms with Crippen molar-refractivity contribution in [2.24, 2.45) is 0 Å². The topological polar surface area (TPSA) is 110 Å². The maximum Gasteiger partial charge on any atom is 0.262 e. The van der Waals surface area contributed by atoms with Crippen LogP contribution in [-0.4, -0.2) is 34.7 Å². The summed E-state index contributed by atoms with van der Waals surface area (Å²) >= 11 is 0. The van der Waals surface area contributed by atoms with Crippen molar-refractivity contribution in [1.82, 2.24) is 34.7 Å². The number of aromatic nitrogens is 7. The molecule has 0 radical (unpaired) electrons. The highest BCUT2D eigenvalue weighted by atomic mass is 16.5. The van der Waals surface area contributed by atoms with Crippen molar-refractivity contribution in [3.8, 4) is 22.9 Å². The Morgan fingerprint density at radius 2 is 1.11 bits per heavy atom. The molecule has 0 atom stereocenters. The van der Waals surface area contributed by atoms with Gasteiger partial charge in [-0.3, -0.25) is 4.79 Å². The highest BCUT2D eigenvalue weighted by molar-refractivity contribution is 5.83. The lowest BCUT2D eigenvalue weighted by molar-refractivity contribution is 0.301. The van der Waals surface area contributed by atoms with Crippen LogP contribution < -0.4 is 15.0 Å². The summed E-state index contributed by atoms with van der Waals surface area (Å²) in [7, 11) is 0. The van der Waals surface area contributed by atoms with Gasteiger partial charge < -0.3 is 14.0 Å². The van der Waals surface area contributed by atoms with Crippen molar-refractivity contribution in [3.05, 3.63) is 185 Å². The normalized spacial score (nSPS) is 11.3. The molecule has 4 aromatic heterocycles. The summed E-state index contributed by atoms with van der Waals surface area (Å²) in [6.45, 7) is 1.32. The van der Waals surface area contributed by atoms with Crippen molar-refractivity contribution < 1.29 is 9.47 Å². The summed E-state index contributed by atoms with van der Waals surface area (Å²) in [5, 5.41) is 15.7. The van der Waals surface area contributed by atoms with Gasteiger partial charge in [-0.1, -0.05) is 91.0 Å². The molecular weight excluding hydrogens is 675 g/mol. The molecule has 10 nitrogen and oxygen atoms in total. The van der Waals surface area contributed by atoms with E-state index in [-0.39, 0.29) is 5.56 Å². The van der Waals surface area contributed by atoms with Crippen LogP contribution in [0.4, 0.5) is 0 Å². The number of fused-ring (bicyclic) bond motifs is 3. The third kappa shape index (κ3) is 6.88. The second-order valence-electron chi connectivity index (χ2n) is 13.0. The first kappa shape index (κ1) is 32.7. The standard InChI is InChI=1S/C44H33N7O3/c52-44-39(43-47-48-49-51(43)27-31-10-8-15-38(24-31)54-29-36-22-20-33-12-2-5-17-41(33)46-36)25-34-13-3-6-18-42(34)50(44)26-30-9-7-14-37(23-30)53-28-35-21-19-32-11-1-4-16-40(32)45-35/h1-25H,26-29H2. The number of tetrazole rings is 1. The van der Waals surface area contributed by atoms with E-state index in [4.69, 9.17) is 19.4 Å². The van der Waals surface area contributed by atoms with Crippen LogP contribution in [0.15, 0.2) is 156 Å². The Morgan fingerprint density at radius 1 is 0.537 bits per heavy atom. The summed E-state index contributed by atoms with van der Waals surface area (Å²) in [5.41, 5.74) is 6.39. The van der Waals surface area contributed by atoms with Crippen LogP contribution in [0.3, 0.4) is 0 Å². The Bertz CT molecular complexity index is 2850. The lowest BCUT2D eigenvalue weighted by atomic mass is 10.1. The minimum atomic E-state index is -0.198. The molecule has 0 fully saturated rings.